The van der Waals surface area contributed by atoms with Gasteiger partial charge in [-0.05, 0) is 60.2 Å². The average Bonchev–Trinajstić information content (AvgIpc) is 3.81. The highest BCUT2D eigenvalue weighted by atomic mass is 32.1. The van der Waals surface area contributed by atoms with Gasteiger partial charge in [0.05, 0.1) is 37.8 Å². The molecule has 4 aromatic heterocycles. The minimum atomic E-state index is 1.01. The second kappa shape index (κ2) is 10.1. The Morgan fingerprint density at radius 1 is 0.408 bits per heavy atom. The van der Waals surface area contributed by atoms with Gasteiger partial charge in [-0.1, -0.05) is 109 Å². The van der Waals surface area contributed by atoms with Crippen LogP contribution in [-0.2, 0) is 0 Å². The highest BCUT2D eigenvalue weighted by molar-refractivity contribution is 7.26. The van der Waals surface area contributed by atoms with Gasteiger partial charge >= 0.3 is 0 Å². The van der Waals surface area contributed by atoms with Crippen molar-refractivity contribution in [1.29, 1.82) is 0 Å². The molecule has 0 spiro atoms. The van der Waals surface area contributed by atoms with E-state index < -0.39 is 0 Å². The molecule has 0 atom stereocenters. The summed E-state index contributed by atoms with van der Waals surface area (Å²) in [5, 5.41) is 7.38. The third kappa shape index (κ3) is 3.80. The summed E-state index contributed by atoms with van der Waals surface area (Å²) in [5.41, 5.74) is 11.5. The van der Waals surface area contributed by atoms with E-state index in [9.17, 15) is 0 Å². The summed E-state index contributed by atoms with van der Waals surface area (Å²) in [4.78, 5) is 5.26. The molecule has 0 amide bonds. The van der Waals surface area contributed by atoms with Crippen molar-refractivity contribution < 1.29 is 0 Å². The molecule has 0 fully saturated rings. The van der Waals surface area contributed by atoms with E-state index in [1.165, 1.54) is 69.5 Å². The topological polar surface area (TPSA) is 22.8 Å². The number of hydrogen-bond donors (Lipinski definition) is 0. The van der Waals surface area contributed by atoms with Crippen LogP contribution in [0.5, 0.6) is 0 Å². The minimum Gasteiger partial charge on any atom is -0.309 e. The molecule has 11 rings (SSSR count). The predicted octanol–water partition coefficient (Wildman–Crippen LogP) is 12.5. The van der Waals surface area contributed by atoms with Crippen LogP contribution in [0.1, 0.15) is 0 Å². The van der Waals surface area contributed by atoms with Crippen LogP contribution >= 0.6 is 11.3 Å². The van der Waals surface area contributed by atoms with Gasteiger partial charge < -0.3 is 9.13 Å². The third-order valence-electron chi connectivity index (χ3n) is 10.1. The van der Waals surface area contributed by atoms with Gasteiger partial charge in [0.25, 0.3) is 0 Å². The summed E-state index contributed by atoms with van der Waals surface area (Å²) in [6.45, 7) is 0. The fraction of sp³-hybridized carbons (Fsp3) is 0. The molecule has 0 unspecified atom stereocenters. The van der Waals surface area contributed by atoms with Crippen LogP contribution in [0.15, 0.2) is 164 Å². The second-order valence-electron chi connectivity index (χ2n) is 12.8. The molecular weight excluding hydrogens is 615 g/mol. The van der Waals surface area contributed by atoms with Crippen LogP contribution in [0.4, 0.5) is 0 Å². The fourth-order valence-corrected chi connectivity index (χ4v) is 9.25. The lowest BCUT2D eigenvalue weighted by Crippen LogP contribution is -2.00. The molecule has 0 radical (unpaired) electrons. The van der Waals surface area contributed by atoms with Crippen LogP contribution < -0.4 is 0 Å². The van der Waals surface area contributed by atoms with Crippen LogP contribution in [0.2, 0.25) is 0 Å². The largest absolute Gasteiger partial charge is 0.309 e. The molecule has 0 aliphatic rings. The minimum absolute atomic E-state index is 1.01. The Morgan fingerprint density at radius 2 is 0.837 bits per heavy atom. The van der Waals surface area contributed by atoms with Crippen molar-refractivity contribution in [2.24, 2.45) is 0 Å². The van der Waals surface area contributed by atoms with Gasteiger partial charge in [0.1, 0.15) is 0 Å². The molecule has 0 aliphatic heterocycles. The zero-order chi connectivity index (χ0) is 32.1. The van der Waals surface area contributed by atoms with Crippen molar-refractivity contribution in [1.82, 2.24) is 14.1 Å². The van der Waals surface area contributed by atoms with Crippen molar-refractivity contribution >= 4 is 86.2 Å². The molecule has 3 nitrogen and oxygen atoms in total. The van der Waals surface area contributed by atoms with E-state index in [-0.39, 0.29) is 0 Å². The van der Waals surface area contributed by atoms with E-state index in [4.69, 9.17) is 4.98 Å². The number of para-hydroxylation sites is 5. The second-order valence-corrected chi connectivity index (χ2v) is 13.8. The van der Waals surface area contributed by atoms with E-state index in [0.29, 0.717) is 0 Å². The van der Waals surface area contributed by atoms with Crippen LogP contribution in [0.25, 0.3) is 97.3 Å². The Hall–Kier alpha value is -6.23. The van der Waals surface area contributed by atoms with Crippen LogP contribution in [0.3, 0.4) is 0 Å². The highest BCUT2D eigenvalue weighted by Gasteiger charge is 2.21. The number of aromatic nitrogens is 3. The van der Waals surface area contributed by atoms with E-state index in [1.807, 2.05) is 11.3 Å². The third-order valence-corrected chi connectivity index (χ3v) is 11.2. The lowest BCUT2D eigenvalue weighted by molar-refractivity contribution is 1.14. The van der Waals surface area contributed by atoms with Crippen LogP contribution in [0, 0.1) is 0 Å². The number of fused-ring (bicyclic) bond motifs is 10. The molecule has 0 saturated heterocycles. The number of thiophene rings is 1. The first-order valence-corrected chi connectivity index (χ1v) is 17.5. The Bertz CT molecular complexity index is 2880. The maximum Gasteiger partial charge on any atom is 0.0902 e. The Labute approximate surface area is 285 Å². The van der Waals surface area contributed by atoms with Crippen molar-refractivity contribution in [3.63, 3.8) is 0 Å². The number of hydrogen-bond acceptors (Lipinski definition) is 2. The standard InChI is InChI=1S/C45H27N3S/c1-7-19-37-35(17-1)43(45-44(46-37)36-18-6-12-24-42(36)49-45)28-25-29(47-38-20-8-2-13-31(38)32-14-3-9-21-39(32)47)27-30(26-28)48-40-22-10-4-15-33(40)34-16-5-11-23-41(34)48/h1-27H. The Kier molecular flexibility index (Phi) is 5.54. The van der Waals surface area contributed by atoms with E-state index in [2.05, 4.69) is 173 Å². The van der Waals surface area contributed by atoms with E-state index in [1.54, 1.807) is 0 Å². The van der Waals surface area contributed by atoms with Gasteiger partial charge in [0, 0.05) is 54.0 Å². The fourth-order valence-electron chi connectivity index (χ4n) is 8.02. The molecule has 4 heteroatoms. The van der Waals surface area contributed by atoms with Gasteiger partial charge in [-0.3, -0.25) is 0 Å². The maximum atomic E-state index is 5.26. The highest BCUT2D eigenvalue weighted by Crippen LogP contribution is 2.45. The zero-order valence-electron chi connectivity index (χ0n) is 26.3. The van der Waals surface area contributed by atoms with Crippen molar-refractivity contribution in [2.75, 3.05) is 0 Å². The average molecular weight is 642 g/mol. The molecular formula is C45H27N3S. The number of nitrogens with zero attached hydrogens (tertiary/aromatic N) is 3. The first kappa shape index (κ1) is 26.8. The summed E-state index contributed by atoms with van der Waals surface area (Å²) in [7, 11) is 0. The van der Waals surface area contributed by atoms with Crippen LogP contribution in [-0.4, -0.2) is 14.1 Å². The molecule has 7 aromatic carbocycles. The molecule has 0 saturated carbocycles. The zero-order valence-corrected chi connectivity index (χ0v) is 27.2. The van der Waals surface area contributed by atoms with Crippen molar-refractivity contribution in [2.45, 2.75) is 0 Å². The van der Waals surface area contributed by atoms with E-state index in [0.717, 1.165) is 27.8 Å². The van der Waals surface area contributed by atoms with Gasteiger partial charge in [-0.2, -0.15) is 0 Å². The molecule has 228 valence electrons. The van der Waals surface area contributed by atoms with Gasteiger partial charge in [0.15, 0.2) is 0 Å². The molecule has 4 heterocycles. The van der Waals surface area contributed by atoms with Crippen molar-refractivity contribution in [3.05, 3.63) is 164 Å². The lowest BCUT2D eigenvalue weighted by Gasteiger charge is -2.17. The summed E-state index contributed by atoms with van der Waals surface area (Å²) in [6, 6.07) is 59.5. The first-order chi connectivity index (χ1) is 24.3. The van der Waals surface area contributed by atoms with Gasteiger partial charge in [-0.15, -0.1) is 11.3 Å². The monoisotopic (exact) mass is 641 g/mol. The Balaban J connectivity index is 1.33. The SMILES string of the molecule is c1ccc2c(-c3cc(-n4c5ccccc5c5ccccc54)cc(-n4c5ccccc5c5ccccc54)c3)c3sc4ccccc4c3nc2c1. The quantitative estimate of drug-likeness (QED) is 0.188. The summed E-state index contributed by atoms with van der Waals surface area (Å²) < 4.78 is 7.35. The van der Waals surface area contributed by atoms with Gasteiger partial charge in [-0.25, -0.2) is 4.98 Å². The summed E-state index contributed by atoms with van der Waals surface area (Å²) in [6.07, 6.45) is 0. The number of benzene rings is 7. The summed E-state index contributed by atoms with van der Waals surface area (Å²) >= 11 is 1.84. The van der Waals surface area contributed by atoms with Gasteiger partial charge in [0.2, 0.25) is 0 Å². The maximum absolute atomic E-state index is 5.26. The molecule has 0 bridgehead atoms. The lowest BCUT2D eigenvalue weighted by atomic mass is 9.98. The molecule has 0 aliphatic carbocycles. The van der Waals surface area contributed by atoms with E-state index >= 15 is 0 Å². The predicted molar refractivity (Wildman–Crippen MR) is 209 cm³/mol. The number of rotatable bonds is 3. The smallest absolute Gasteiger partial charge is 0.0902 e. The Morgan fingerprint density at radius 3 is 1.37 bits per heavy atom. The molecule has 11 aromatic rings. The molecule has 49 heavy (non-hydrogen) atoms. The van der Waals surface area contributed by atoms with Crippen molar-refractivity contribution in [3.8, 4) is 22.5 Å². The first-order valence-electron chi connectivity index (χ1n) is 16.6. The number of pyridine rings is 1. The molecule has 0 N–H and O–H groups in total. The normalized spacial score (nSPS) is 12.1. The summed E-state index contributed by atoms with van der Waals surface area (Å²) in [5.74, 6) is 0.